The molecule has 0 aliphatic heterocycles. The molecular formula is C14H19N3. The zero-order valence-electron chi connectivity index (χ0n) is 10.5. The van der Waals surface area contributed by atoms with Gasteiger partial charge in [0.05, 0.1) is 6.04 Å². The smallest absolute Gasteiger partial charge is 0.193 e. The van der Waals surface area contributed by atoms with Gasteiger partial charge in [0, 0.05) is 5.69 Å². The molecule has 2 fully saturated rings. The quantitative estimate of drug-likeness (QED) is 0.605. The summed E-state index contributed by atoms with van der Waals surface area (Å²) in [5, 5.41) is 3.17. The van der Waals surface area contributed by atoms with Crippen LogP contribution in [0.25, 0.3) is 0 Å². The number of nitrogens with two attached hydrogens (primary N) is 1. The van der Waals surface area contributed by atoms with E-state index in [0.29, 0.717) is 17.4 Å². The van der Waals surface area contributed by atoms with Crippen molar-refractivity contribution in [2.24, 2.45) is 16.1 Å². The Bertz CT molecular complexity index is 486. The van der Waals surface area contributed by atoms with E-state index in [-0.39, 0.29) is 0 Å². The fourth-order valence-electron chi connectivity index (χ4n) is 2.37. The molecule has 17 heavy (non-hydrogen) atoms. The molecule has 1 aromatic rings. The average Bonchev–Trinajstić information content (AvgIpc) is 3.15. The van der Waals surface area contributed by atoms with Gasteiger partial charge in [-0.15, -0.1) is 0 Å². The van der Waals surface area contributed by atoms with Gasteiger partial charge >= 0.3 is 0 Å². The van der Waals surface area contributed by atoms with E-state index in [4.69, 9.17) is 5.73 Å². The molecule has 90 valence electrons. The molecule has 1 atom stereocenters. The molecule has 2 saturated carbocycles. The number of benzene rings is 1. The molecule has 0 saturated heterocycles. The van der Waals surface area contributed by atoms with Crippen LogP contribution in [-0.4, -0.2) is 12.0 Å². The Morgan fingerprint density at radius 3 is 2.71 bits per heavy atom. The number of hydrogen-bond acceptors (Lipinski definition) is 1. The van der Waals surface area contributed by atoms with Gasteiger partial charge in [-0.1, -0.05) is 6.07 Å². The minimum Gasteiger partial charge on any atom is -0.370 e. The zero-order valence-corrected chi connectivity index (χ0v) is 10.5. The maximum absolute atomic E-state index is 5.92. The van der Waals surface area contributed by atoms with Crippen molar-refractivity contribution in [3.8, 4) is 0 Å². The van der Waals surface area contributed by atoms with E-state index in [1.54, 1.807) is 0 Å². The van der Waals surface area contributed by atoms with Gasteiger partial charge in [0.1, 0.15) is 0 Å². The Morgan fingerprint density at radius 2 is 2.12 bits per heavy atom. The van der Waals surface area contributed by atoms with E-state index < -0.39 is 0 Å². The van der Waals surface area contributed by atoms with Gasteiger partial charge in [-0.05, 0) is 61.8 Å². The number of aryl methyl sites for hydroxylation is 2. The minimum atomic E-state index is 0.488. The van der Waals surface area contributed by atoms with Gasteiger partial charge < -0.3 is 11.1 Å². The topological polar surface area (TPSA) is 50.4 Å². The van der Waals surface area contributed by atoms with Gasteiger partial charge in [-0.3, -0.25) is 0 Å². The van der Waals surface area contributed by atoms with Gasteiger partial charge in [-0.25, -0.2) is 4.99 Å². The summed E-state index contributed by atoms with van der Waals surface area (Å²) in [5.74, 6) is 0.557. The molecule has 0 bridgehead atoms. The second-order valence-electron chi connectivity index (χ2n) is 5.52. The first-order valence-corrected chi connectivity index (χ1v) is 6.27. The summed E-state index contributed by atoms with van der Waals surface area (Å²) < 4.78 is 0. The third-order valence-electron chi connectivity index (χ3n) is 4.11. The summed E-state index contributed by atoms with van der Waals surface area (Å²) in [5.41, 5.74) is 10.1. The molecule has 3 nitrogen and oxygen atoms in total. The predicted molar refractivity (Wildman–Crippen MR) is 71.2 cm³/mol. The standard InChI is InChI=1S/C14H19N3/c1-9-3-4-11(7-10(9)2)16-13(15)17-12-8-14(12)5-6-14/h3-4,7,12H,5-6,8H2,1-2H3,(H3,15,16,17). The number of nitrogens with zero attached hydrogens (tertiary/aromatic N) is 1. The molecule has 0 aromatic heterocycles. The lowest BCUT2D eigenvalue weighted by atomic mass is 10.1. The van der Waals surface area contributed by atoms with Crippen molar-refractivity contribution in [2.75, 3.05) is 5.32 Å². The van der Waals surface area contributed by atoms with Crippen LogP contribution in [0.5, 0.6) is 0 Å². The van der Waals surface area contributed by atoms with Crippen LogP contribution in [0.15, 0.2) is 23.2 Å². The van der Waals surface area contributed by atoms with Crippen LogP contribution < -0.4 is 11.1 Å². The summed E-state index contributed by atoms with van der Waals surface area (Å²) in [4.78, 5) is 4.53. The summed E-state index contributed by atoms with van der Waals surface area (Å²) in [6, 6.07) is 6.74. The molecule has 1 spiro atoms. The molecule has 0 heterocycles. The lowest BCUT2D eigenvalue weighted by molar-refractivity contribution is 0.825. The first kappa shape index (κ1) is 10.6. The van der Waals surface area contributed by atoms with Crippen molar-refractivity contribution < 1.29 is 0 Å². The molecule has 0 radical (unpaired) electrons. The van der Waals surface area contributed by atoms with Crippen LogP contribution in [0.2, 0.25) is 0 Å². The highest BCUT2D eigenvalue weighted by atomic mass is 15.1. The molecule has 1 unspecified atom stereocenters. The van der Waals surface area contributed by atoms with Crippen molar-refractivity contribution in [1.82, 2.24) is 0 Å². The van der Waals surface area contributed by atoms with E-state index in [2.05, 4.69) is 36.3 Å². The minimum absolute atomic E-state index is 0.488. The number of guanidine groups is 1. The molecular weight excluding hydrogens is 210 g/mol. The number of rotatable bonds is 2. The van der Waals surface area contributed by atoms with Crippen LogP contribution in [0, 0.1) is 19.3 Å². The Labute approximate surface area is 102 Å². The highest BCUT2D eigenvalue weighted by molar-refractivity contribution is 5.92. The molecule has 3 N–H and O–H groups in total. The number of hydrogen-bond donors (Lipinski definition) is 2. The fraction of sp³-hybridized carbons (Fsp3) is 0.500. The number of nitrogens with one attached hydrogen (secondary N) is 1. The van der Waals surface area contributed by atoms with Crippen molar-refractivity contribution in [3.05, 3.63) is 29.3 Å². The highest BCUT2D eigenvalue weighted by Crippen LogP contribution is 2.67. The van der Waals surface area contributed by atoms with Crippen molar-refractivity contribution in [2.45, 2.75) is 39.2 Å². The lowest BCUT2D eigenvalue weighted by Crippen LogP contribution is -2.23. The maximum atomic E-state index is 5.92. The van der Waals surface area contributed by atoms with Crippen molar-refractivity contribution in [1.29, 1.82) is 0 Å². The van der Waals surface area contributed by atoms with E-state index in [9.17, 15) is 0 Å². The first-order valence-electron chi connectivity index (χ1n) is 6.27. The third-order valence-corrected chi connectivity index (χ3v) is 4.11. The summed E-state index contributed by atoms with van der Waals surface area (Å²) in [6.45, 7) is 4.21. The highest BCUT2D eigenvalue weighted by Gasteiger charge is 2.63. The van der Waals surface area contributed by atoms with E-state index in [0.717, 1.165) is 5.69 Å². The molecule has 1 aromatic carbocycles. The molecule has 2 aliphatic carbocycles. The SMILES string of the molecule is Cc1ccc(NC(N)=NC2CC23CC3)cc1C. The fourth-order valence-corrected chi connectivity index (χ4v) is 2.37. The van der Waals surface area contributed by atoms with E-state index in [1.165, 1.54) is 30.4 Å². The Kier molecular flexibility index (Phi) is 2.18. The Morgan fingerprint density at radius 1 is 1.35 bits per heavy atom. The van der Waals surface area contributed by atoms with Gasteiger partial charge in [-0.2, -0.15) is 0 Å². The largest absolute Gasteiger partial charge is 0.370 e. The molecule has 2 aliphatic rings. The Balaban J connectivity index is 1.67. The molecule has 0 amide bonds. The summed E-state index contributed by atoms with van der Waals surface area (Å²) in [7, 11) is 0. The van der Waals surface area contributed by atoms with Crippen LogP contribution in [0.4, 0.5) is 5.69 Å². The van der Waals surface area contributed by atoms with Crippen LogP contribution in [0.3, 0.4) is 0 Å². The average molecular weight is 229 g/mol. The zero-order chi connectivity index (χ0) is 12.0. The van der Waals surface area contributed by atoms with Crippen molar-refractivity contribution in [3.63, 3.8) is 0 Å². The van der Waals surface area contributed by atoms with Crippen LogP contribution in [0.1, 0.15) is 30.4 Å². The second kappa shape index (κ2) is 3.49. The number of anilines is 1. The monoisotopic (exact) mass is 229 g/mol. The maximum Gasteiger partial charge on any atom is 0.193 e. The van der Waals surface area contributed by atoms with Crippen LogP contribution >= 0.6 is 0 Å². The normalized spacial score (nSPS) is 24.8. The van der Waals surface area contributed by atoms with Crippen molar-refractivity contribution >= 4 is 11.6 Å². The lowest BCUT2D eigenvalue weighted by Gasteiger charge is -2.07. The number of aliphatic imine (C=N–C) groups is 1. The van der Waals surface area contributed by atoms with E-state index >= 15 is 0 Å². The second-order valence-corrected chi connectivity index (χ2v) is 5.52. The van der Waals surface area contributed by atoms with Gasteiger partial charge in [0.15, 0.2) is 5.96 Å². The summed E-state index contributed by atoms with van der Waals surface area (Å²) >= 11 is 0. The van der Waals surface area contributed by atoms with Crippen LogP contribution in [-0.2, 0) is 0 Å². The van der Waals surface area contributed by atoms with E-state index in [1.807, 2.05) is 6.07 Å². The molecule has 3 heteroatoms. The van der Waals surface area contributed by atoms with Gasteiger partial charge in [0.25, 0.3) is 0 Å². The predicted octanol–water partition coefficient (Wildman–Crippen LogP) is 2.58. The third kappa shape index (κ3) is 2.02. The Hall–Kier alpha value is -1.51. The molecule has 3 rings (SSSR count). The summed E-state index contributed by atoms with van der Waals surface area (Å²) in [6.07, 6.45) is 3.93. The first-order chi connectivity index (χ1) is 8.09. The van der Waals surface area contributed by atoms with Gasteiger partial charge in [0.2, 0.25) is 0 Å².